The van der Waals surface area contributed by atoms with Crippen molar-refractivity contribution in [1.82, 2.24) is 0 Å². The molecule has 0 radical (unpaired) electrons. The van der Waals surface area contributed by atoms with Crippen LogP contribution in [0.2, 0.25) is 0 Å². The van der Waals surface area contributed by atoms with Crippen molar-refractivity contribution in [3.63, 3.8) is 0 Å². The first-order valence-corrected chi connectivity index (χ1v) is 29.2. The maximum atomic E-state index is 7.00. The van der Waals surface area contributed by atoms with Crippen molar-refractivity contribution >= 4 is 101 Å². The van der Waals surface area contributed by atoms with E-state index in [9.17, 15) is 0 Å². The minimum atomic E-state index is -0.0584. The first-order chi connectivity index (χ1) is 36.2. The number of rotatable bonds is 20. The van der Waals surface area contributed by atoms with Crippen molar-refractivity contribution in [3.05, 3.63) is 148 Å². The molecule has 4 nitrogen and oxygen atoms in total. The summed E-state index contributed by atoms with van der Waals surface area (Å²) in [7, 11) is 0. The van der Waals surface area contributed by atoms with E-state index in [1.54, 1.807) is 0 Å². The Morgan fingerprint density at radius 2 is 0.946 bits per heavy atom. The van der Waals surface area contributed by atoms with Gasteiger partial charge in [-0.3, -0.25) is 0 Å². The van der Waals surface area contributed by atoms with Gasteiger partial charge in [-0.1, -0.05) is 124 Å². The van der Waals surface area contributed by atoms with Gasteiger partial charge in [0.25, 0.3) is 6.71 Å². The summed E-state index contributed by atoms with van der Waals surface area (Å²) >= 11 is 0. The maximum absolute atomic E-state index is 7.00. The summed E-state index contributed by atoms with van der Waals surface area (Å²) in [6.07, 6.45) is 18.1. The number of fused-ring (bicyclic) bond motifs is 12. The monoisotopic (exact) mass is 979 g/mol. The van der Waals surface area contributed by atoms with Gasteiger partial charge in [-0.15, -0.1) is 0 Å². The highest BCUT2D eigenvalue weighted by Gasteiger charge is 2.46. The highest BCUT2D eigenvalue weighted by atomic mass is 16.3. The molecule has 0 saturated carbocycles. The van der Waals surface area contributed by atoms with E-state index in [0.29, 0.717) is 11.8 Å². The van der Waals surface area contributed by atoms with Crippen LogP contribution in [0.3, 0.4) is 0 Å². The molecule has 2 unspecified atom stereocenters. The summed E-state index contributed by atoms with van der Waals surface area (Å²) in [4.78, 5) is 5.40. The van der Waals surface area contributed by atoms with E-state index in [0.717, 1.165) is 73.7 Å². The molecule has 5 heteroatoms. The summed E-state index contributed by atoms with van der Waals surface area (Å²) in [5, 5.41) is 4.85. The van der Waals surface area contributed by atoms with Crippen LogP contribution < -0.4 is 26.2 Å². The molecule has 0 aliphatic carbocycles. The van der Waals surface area contributed by atoms with E-state index >= 15 is 0 Å². The number of unbranched alkanes of at least 4 members (excludes halogenated alkanes) is 3. The van der Waals surface area contributed by atoms with Gasteiger partial charge in [-0.25, -0.2) is 0 Å². The van der Waals surface area contributed by atoms with Crippen LogP contribution in [0.4, 0.5) is 34.1 Å². The van der Waals surface area contributed by atoms with Crippen LogP contribution in [0.5, 0.6) is 0 Å². The summed E-state index contributed by atoms with van der Waals surface area (Å²) in [5.74, 6) is 0.993. The minimum Gasteiger partial charge on any atom is -0.456 e. The summed E-state index contributed by atoms with van der Waals surface area (Å²) < 4.78 is 14.0. The molecule has 0 N–H and O–H groups in total. The molecular weight excluding hydrogens is 900 g/mol. The molecule has 0 amide bonds. The fraction of sp³-hybridized carbons (Fsp3) is 0.391. The molecule has 74 heavy (non-hydrogen) atoms. The van der Waals surface area contributed by atoms with Gasteiger partial charge < -0.3 is 18.6 Å². The van der Waals surface area contributed by atoms with Crippen LogP contribution in [-0.4, -0.2) is 6.71 Å². The van der Waals surface area contributed by atoms with E-state index in [4.69, 9.17) is 8.83 Å². The molecular formula is C69H79BN2O2. The number of benzene rings is 7. The normalized spacial score (nSPS) is 13.9. The largest absolute Gasteiger partial charge is 0.456 e. The van der Waals surface area contributed by atoms with Crippen LogP contribution in [-0.2, 0) is 25.7 Å². The predicted octanol–water partition coefficient (Wildman–Crippen LogP) is 19.1. The second-order valence-corrected chi connectivity index (χ2v) is 22.3. The molecule has 2 aliphatic heterocycles. The predicted molar refractivity (Wildman–Crippen MR) is 321 cm³/mol. The van der Waals surface area contributed by atoms with Gasteiger partial charge in [0, 0.05) is 33.5 Å². The number of aryl methyl sites for hydroxylation is 5. The summed E-state index contributed by atoms with van der Waals surface area (Å²) in [6.45, 7) is 20.9. The SMILES string of the molecule is CCCCc1cc(CC)cc(N2c3cc(C)cc4c3B(c3ccc5oc6ccc(CCCC)cc6c5c3N4c3cc(CCCC)cc(C(CC)CCC)c3)c3ccc4oc5ccc(C(CC)CCC)cc5c4c32)c1. The van der Waals surface area contributed by atoms with Gasteiger partial charge in [-0.2, -0.15) is 0 Å². The number of nitrogens with zero attached hydrogens (tertiary/aromatic N) is 2. The smallest absolute Gasteiger partial charge is 0.252 e. The van der Waals surface area contributed by atoms with Crippen LogP contribution in [0, 0.1) is 6.92 Å². The molecule has 4 heterocycles. The average molecular weight is 979 g/mol. The second-order valence-electron chi connectivity index (χ2n) is 22.3. The Bertz CT molecular complexity index is 3520. The molecule has 2 aromatic heterocycles. The summed E-state index contributed by atoms with van der Waals surface area (Å²) in [6, 6.07) is 43.7. The standard InChI is InChI=1S/C69H79BN2O2/c1-10-18-23-46-26-30-61-55(41-46)65-63(73-61)32-28-57-68(65)72(54-40-48(25-20-12-3)37-52(42-54)50(17-8)22-14-5)60-35-44(9)34-59-67(60)70(57)58-29-33-64-66(56-43-51(27-31-62(56)74-64)49(16-7)21-13-4)69(58)71(59)53-38-45(15-6)36-47(39-53)24-19-11-2/h26-43,49-50H,10-25H2,1-9H3. The number of anilines is 6. The van der Waals surface area contributed by atoms with Crippen molar-refractivity contribution in [2.45, 2.75) is 177 Å². The number of furan rings is 2. The van der Waals surface area contributed by atoms with Gasteiger partial charge in [-0.05, 0) is 218 Å². The molecule has 7 aromatic carbocycles. The zero-order chi connectivity index (χ0) is 51.2. The third kappa shape index (κ3) is 8.74. The molecule has 380 valence electrons. The number of hydrogen-bond donors (Lipinski definition) is 0. The Kier molecular flexibility index (Phi) is 14.3. The molecule has 0 fully saturated rings. The van der Waals surface area contributed by atoms with Gasteiger partial charge in [0.15, 0.2) is 0 Å². The zero-order valence-electron chi connectivity index (χ0n) is 46.1. The van der Waals surface area contributed by atoms with E-state index < -0.39 is 0 Å². The van der Waals surface area contributed by atoms with Crippen molar-refractivity contribution in [3.8, 4) is 0 Å². The van der Waals surface area contributed by atoms with Crippen molar-refractivity contribution < 1.29 is 8.83 Å². The summed E-state index contributed by atoms with van der Waals surface area (Å²) in [5.41, 5.74) is 25.1. The molecule has 11 rings (SSSR count). The van der Waals surface area contributed by atoms with E-state index in [1.165, 1.54) is 162 Å². The second kappa shape index (κ2) is 21.2. The lowest BCUT2D eigenvalue weighted by atomic mass is 9.33. The van der Waals surface area contributed by atoms with E-state index in [2.05, 4.69) is 181 Å². The Labute approximate surface area is 442 Å². The lowest BCUT2D eigenvalue weighted by Crippen LogP contribution is -2.61. The van der Waals surface area contributed by atoms with Crippen LogP contribution in [0.15, 0.2) is 118 Å². The molecule has 2 atom stereocenters. The Balaban J connectivity index is 1.29. The van der Waals surface area contributed by atoms with E-state index in [-0.39, 0.29) is 6.71 Å². The minimum absolute atomic E-state index is 0.0584. The third-order valence-corrected chi connectivity index (χ3v) is 17.1. The fourth-order valence-electron chi connectivity index (χ4n) is 13.3. The quantitative estimate of drug-likeness (QED) is 0.0713. The molecule has 0 saturated heterocycles. The van der Waals surface area contributed by atoms with Gasteiger partial charge in [0.2, 0.25) is 0 Å². The topological polar surface area (TPSA) is 32.8 Å². The van der Waals surface area contributed by atoms with Crippen LogP contribution >= 0.6 is 0 Å². The number of hydrogen-bond acceptors (Lipinski definition) is 4. The van der Waals surface area contributed by atoms with Crippen molar-refractivity contribution in [2.24, 2.45) is 0 Å². The van der Waals surface area contributed by atoms with Crippen LogP contribution in [0.25, 0.3) is 43.9 Å². The lowest BCUT2D eigenvalue weighted by Gasteiger charge is -2.45. The van der Waals surface area contributed by atoms with E-state index in [1.807, 2.05) is 0 Å². The zero-order valence-corrected chi connectivity index (χ0v) is 46.1. The van der Waals surface area contributed by atoms with Crippen molar-refractivity contribution in [1.29, 1.82) is 0 Å². The van der Waals surface area contributed by atoms with Crippen LogP contribution in [0.1, 0.15) is 183 Å². The van der Waals surface area contributed by atoms with Gasteiger partial charge in [0.1, 0.15) is 22.3 Å². The fourth-order valence-corrected chi connectivity index (χ4v) is 13.3. The van der Waals surface area contributed by atoms with Gasteiger partial charge >= 0.3 is 0 Å². The van der Waals surface area contributed by atoms with Crippen molar-refractivity contribution in [2.75, 3.05) is 9.80 Å². The lowest BCUT2D eigenvalue weighted by molar-refractivity contribution is 0.595. The van der Waals surface area contributed by atoms with Gasteiger partial charge in [0.05, 0.1) is 22.1 Å². The highest BCUT2D eigenvalue weighted by molar-refractivity contribution is 7.01. The third-order valence-electron chi connectivity index (χ3n) is 17.1. The molecule has 9 aromatic rings. The molecule has 2 aliphatic rings. The first kappa shape index (κ1) is 50.0. The molecule has 0 bridgehead atoms. The Morgan fingerprint density at radius 1 is 0.446 bits per heavy atom. The Morgan fingerprint density at radius 3 is 1.50 bits per heavy atom. The first-order valence-electron chi connectivity index (χ1n) is 29.2. The molecule has 0 spiro atoms. The Hall–Kier alpha value is -6.20. The highest BCUT2D eigenvalue weighted by Crippen LogP contribution is 2.51. The maximum Gasteiger partial charge on any atom is 0.252 e. The average Bonchev–Trinajstić information content (AvgIpc) is 4.03.